The Labute approximate surface area is 249 Å². The number of hydrogen-bond donors (Lipinski definition) is 0. The lowest BCUT2D eigenvalue weighted by atomic mass is 9.76. The molecule has 1 heterocycles. The van der Waals surface area contributed by atoms with Crippen LogP contribution < -0.4 is 4.74 Å². The smallest absolute Gasteiger partial charge is 0.400 e. The number of ether oxygens (including phenoxy) is 3. The van der Waals surface area contributed by atoms with Gasteiger partial charge in [0.2, 0.25) is 0 Å². The van der Waals surface area contributed by atoms with Crippen LogP contribution in [0.15, 0.2) is 42.5 Å². The highest BCUT2D eigenvalue weighted by Gasteiger charge is 2.44. The lowest BCUT2D eigenvalue weighted by Gasteiger charge is -2.37. The Morgan fingerprint density at radius 3 is 2.07 bits per heavy atom. The minimum atomic E-state index is -3.72. The fourth-order valence-corrected chi connectivity index (χ4v) is 6.84. The van der Waals surface area contributed by atoms with Crippen LogP contribution in [0.3, 0.4) is 0 Å². The SMILES string of the molecule is CCCC=CC1CCC(C2COC(c3ccc(C4CCC(C(F)(F)Oc5cc(F)c(F)c(F)c5)CC4)c(F)c3)OC2)CC1. The van der Waals surface area contributed by atoms with E-state index in [0.29, 0.717) is 67.1 Å². The Balaban J connectivity index is 1.10. The van der Waals surface area contributed by atoms with Crippen molar-refractivity contribution in [3.63, 3.8) is 0 Å². The average Bonchev–Trinajstić information content (AvgIpc) is 3.00. The summed E-state index contributed by atoms with van der Waals surface area (Å²) in [5.41, 5.74) is 1.05. The van der Waals surface area contributed by atoms with Crippen molar-refractivity contribution in [3.05, 3.63) is 76.9 Å². The van der Waals surface area contributed by atoms with Crippen molar-refractivity contribution in [2.75, 3.05) is 13.2 Å². The first-order chi connectivity index (χ1) is 20.6. The maximum Gasteiger partial charge on any atom is 0.400 e. The molecule has 0 radical (unpaired) electrons. The molecule has 1 saturated heterocycles. The monoisotopic (exact) mass is 610 g/mol. The van der Waals surface area contributed by atoms with Crippen LogP contribution in [0.5, 0.6) is 5.75 Å². The van der Waals surface area contributed by atoms with Crippen LogP contribution in [0.4, 0.5) is 26.3 Å². The lowest BCUT2D eigenvalue weighted by Crippen LogP contribution is -2.37. The van der Waals surface area contributed by atoms with Crippen LogP contribution in [0.1, 0.15) is 94.5 Å². The second kappa shape index (κ2) is 14.1. The molecule has 3 nitrogen and oxygen atoms in total. The molecule has 0 aromatic heterocycles. The van der Waals surface area contributed by atoms with Gasteiger partial charge in [-0.3, -0.25) is 0 Å². The van der Waals surface area contributed by atoms with Crippen molar-refractivity contribution in [3.8, 4) is 5.75 Å². The third-order valence-corrected chi connectivity index (χ3v) is 9.42. The van der Waals surface area contributed by atoms with Crippen LogP contribution in [0.2, 0.25) is 0 Å². The van der Waals surface area contributed by atoms with Gasteiger partial charge in [0, 0.05) is 23.6 Å². The van der Waals surface area contributed by atoms with Gasteiger partial charge in [-0.15, -0.1) is 0 Å². The van der Waals surface area contributed by atoms with E-state index >= 15 is 4.39 Å². The van der Waals surface area contributed by atoms with Crippen molar-refractivity contribution in [1.82, 2.24) is 0 Å². The van der Waals surface area contributed by atoms with Gasteiger partial charge in [0.25, 0.3) is 0 Å². The lowest BCUT2D eigenvalue weighted by molar-refractivity contribution is -0.222. The molecule has 3 fully saturated rings. The van der Waals surface area contributed by atoms with E-state index in [-0.39, 0.29) is 18.8 Å². The second-order valence-corrected chi connectivity index (χ2v) is 12.3. The average molecular weight is 611 g/mol. The van der Waals surface area contributed by atoms with E-state index in [0.717, 1.165) is 19.3 Å². The first-order valence-corrected chi connectivity index (χ1v) is 15.5. The van der Waals surface area contributed by atoms with Crippen molar-refractivity contribution in [2.24, 2.45) is 23.7 Å². The molecule has 3 aliphatic rings. The molecule has 2 saturated carbocycles. The molecule has 2 aromatic rings. The molecule has 236 valence electrons. The number of halogens is 6. The number of allylic oxidation sites excluding steroid dienone is 2. The van der Waals surface area contributed by atoms with Crippen LogP contribution in [-0.2, 0) is 9.47 Å². The van der Waals surface area contributed by atoms with Gasteiger partial charge >= 0.3 is 6.11 Å². The normalized spacial score (nSPS) is 28.7. The summed E-state index contributed by atoms with van der Waals surface area (Å²) in [5, 5.41) is 0. The summed E-state index contributed by atoms with van der Waals surface area (Å²) >= 11 is 0. The third-order valence-electron chi connectivity index (χ3n) is 9.42. The van der Waals surface area contributed by atoms with Gasteiger partial charge in [-0.1, -0.05) is 37.6 Å². The largest absolute Gasteiger partial charge is 0.432 e. The fourth-order valence-electron chi connectivity index (χ4n) is 6.84. The van der Waals surface area contributed by atoms with Gasteiger partial charge in [0.15, 0.2) is 23.7 Å². The quantitative estimate of drug-likeness (QED) is 0.161. The summed E-state index contributed by atoms with van der Waals surface area (Å²) in [5.74, 6) is -6.09. The topological polar surface area (TPSA) is 27.7 Å². The maximum atomic E-state index is 15.2. The first kappa shape index (κ1) is 31.9. The molecule has 0 spiro atoms. The molecule has 5 rings (SSSR count). The highest BCUT2D eigenvalue weighted by Crippen LogP contribution is 2.44. The van der Waals surface area contributed by atoms with Gasteiger partial charge in [0.1, 0.15) is 11.6 Å². The molecular weight excluding hydrogens is 570 g/mol. The number of alkyl halides is 2. The van der Waals surface area contributed by atoms with Crippen molar-refractivity contribution >= 4 is 0 Å². The number of unbranched alkanes of at least 4 members (excludes halogenated alkanes) is 1. The van der Waals surface area contributed by atoms with Crippen LogP contribution in [0.25, 0.3) is 0 Å². The number of benzene rings is 2. The fraction of sp³-hybridized carbons (Fsp3) is 0.588. The standard InChI is InChI=1S/C34H40F6O3/c1-2-3-4-5-21-6-8-22(9-7-21)25-19-41-33(42-20-25)24-12-15-28(29(35)16-24)23-10-13-26(14-11-23)34(39,40)43-27-17-30(36)32(38)31(37)18-27/h4-5,12,15-18,21-23,25-26,33H,2-3,6-11,13-14,19-20H2,1H3. The molecule has 2 aliphatic carbocycles. The van der Waals surface area contributed by atoms with Crippen LogP contribution in [0, 0.1) is 46.9 Å². The van der Waals surface area contributed by atoms with Gasteiger partial charge in [-0.2, -0.15) is 8.78 Å². The van der Waals surface area contributed by atoms with E-state index in [4.69, 9.17) is 9.47 Å². The van der Waals surface area contributed by atoms with Crippen molar-refractivity contribution < 1.29 is 40.6 Å². The summed E-state index contributed by atoms with van der Waals surface area (Å²) in [7, 11) is 0. The zero-order valence-electron chi connectivity index (χ0n) is 24.5. The van der Waals surface area contributed by atoms with Crippen LogP contribution >= 0.6 is 0 Å². The van der Waals surface area contributed by atoms with Crippen molar-refractivity contribution in [2.45, 2.75) is 89.4 Å². The van der Waals surface area contributed by atoms with Gasteiger partial charge < -0.3 is 14.2 Å². The minimum Gasteiger partial charge on any atom is -0.432 e. The molecule has 1 aliphatic heterocycles. The van der Waals surface area contributed by atoms with Gasteiger partial charge in [-0.05, 0) is 87.2 Å². The molecule has 0 N–H and O–H groups in total. The highest BCUT2D eigenvalue weighted by molar-refractivity contribution is 5.29. The Hall–Kier alpha value is -2.52. The van der Waals surface area contributed by atoms with E-state index in [9.17, 15) is 22.0 Å². The highest BCUT2D eigenvalue weighted by atomic mass is 19.3. The molecule has 2 aromatic carbocycles. The summed E-state index contributed by atoms with van der Waals surface area (Å²) in [6.07, 6.45) is 7.98. The predicted molar refractivity (Wildman–Crippen MR) is 151 cm³/mol. The second-order valence-electron chi connectivity index (χ2n) is 12.3. The molecule has 9 heteroatoms. The first-order valence-electron chi connectivity index (χ1n) is 15.5. The Kier molecular flexibility index (Phi) is 10.4. The molecule has 0 amide bonds. The number of hydrogen-bond acceptors (Lipinski definition) is 3. The van der Waals surface area contributed by atoms with Gasteiger partial charge in [-0.25, -0.2) is 17.6 Å². The van der Waals surface area contributed by atoms with Gasteiger partial charge in [0.05, 0.1) is 19.1 Å². The van der Waals surface area contributed by atoms with E-state index in [1.807, 2.05) is 0 Å². The Morgan fingerprint density at radius 1 is 0.814 bits per heavy atom. The molecule has 0 atom stereocenters. The summed E-state index contributed by atoms with van der Waals surface area (Å²) in [4.78, 5) is 0. The Bertz CT molecular complexity index is 1220. The van der Waals surface area contributed by atoms with Crippen molar-refractivity contribution in [1.29, 1.82) is 0 Å². The van der Waals surface area contributed by atoms with E-state index in [1.54, 1.807) is 12.1 Å². The van der Waals surface area contributed by atoms with E-state index < -0.39 is 47.3 Å². The van der Waals surface area contributed by atoms with E-state index in [2.05, 4.69) is 23.8 Å². The summed E-state index contributed by atoms with van der Waals surface area (Å²) in [6, 6.07) is 5.66. The van der Waals surface area contributed by atoms with E-state index in [1.165, 1.54) is 25.3 Å². The molecular formula is C34H40F6O3. The zero-order chi connectivity index (χ0) is 30.6. The molecule has 0 bridgehead atoms. The predicted octanol–water partition coefficient (Wildman–Crippen LogP) is 10.0. The maximum absolute atomic E-state index is 15.2. The zero-order valence-corrected chi connectivity index (χ0v) is 24.5. The summed E-state index contributed by atoms with van der Waals surface area (Å²) in [6.45, 7) is 3.34. The minimum absolute atomic E-state index is 0.0260. The van der Waals surface area contributed by atoms with Crippen LogP contribution in [-0.4, -0.2) is 19.3 Å². The Morgan fingerprint density at radius 2 is 1.47 bits per heavy atom. The number of rotatable bonds is 9. The third kappa shape index (κ3) is 7.77. The molecule has 0 unspecified atom stereocenters. The molecule has 43 heavy (non-hydrogen) atoms. The summed E-state index contributed by atoms with van der Waals surface area (Å²) < 4.78 is 101.